The Balaban J connectivity index is 2.79. The first-order chi connectivity index (χ1) is 5.40. The number of pyridine rings is 1. The largest absolute Gasteiger partial charge is 0.361 e. The minimum atomic E-state index is 0.432. The minimum absolute atomic E-state index is 0.432. The van der Waals surface area contributed by atoms with Crippen molar-refractivity contribution in [2.75, 3.05) is 0 Å². The van der Waals surface area contributed by atoms with Gasteiger partial charge < -0.3 is 4.85 Å². The molecule has 0 fully saturated rings. The molecule has 4 heteroatoms. The minimum Gasteiger partial charge on any atom is -0.361 e. The predicted octanol–water partition coefficient (Wildman–Crippen LogP) is 2.24. The molecule has 0 radical (unpaired) electrons. The van der Waals surface area contributed by atoms with Crippen molar-refractivity contribution in [1.82, 2.24) is 9.97 Å². The molecule has 0 aliphatic heterocycles. The van der Waals surface area contributed by atoms with Gasteiger partial charge in [-0.05, 0) is 12.1 Å². The quantitative estimate of drug-likeness (QED) is 0.554. The highest BCUT2D eigenvalue weighted by atomic mass is 32.1. The van der Waals surface area contributed by atoms with Crippen molar-refractivity contribution in [3.05, 3.63) is 29.1 Å². The number of hydrogen-bond acceptors (Lipinski definition) is 3. The van der Waals surface area contributed by atoms with Gasteiger partial charge in [0.1, 0.15) is 5.52 Å². The highest BCUT2D eigenvalue weighted by Gasteiger charge is 2.01. The molecule has 3 nitrogen and oxygen atoms in total. The van der Waals surface area contributed by atoms with Crippen LogP contribution in [0.15, 0.2) is 17.6 Å². The molecular weight excluding hydrogens is 158 g/mol. The van der Waals surface area contributed by atoms with Crippen molar-refractivity contribution < 1.29 is 0 Å². The summed E-state index contributed by atoms with van der Waals surface area (Å²) < 4.78 is 0. The van der Waals surface area contributed by atoms with Gasteiger partial charge in [-0.25, -0.2) is 4.98 Å². The second-order valence-corrected chi connectivity index (χ2v) is 2.79. The van der Waals surface area contributed by atoms with Gasteiger partial charge in [-0.3, -0.25) is 0 Å². The Kier molecular flexibility index (Phi) is 1.30. The van der Waals surface area contributed by atoms with Crippen molar-refractivity contribution in [1.29, 1.82) is 0 Å². The number of fused-ring (bicyclic) bond motifs is 1. The van der Waals surface area contributed by atoms with Gasteiger partial charge in [-0.1, -0.05) is 17.9 Å². The Labute approximate surface area is 67.2 Å². The van der Waals surface area contributed by atoms with E-state index < -0.39 is 0 Å². The first-order valence-electron chi connectivity index (χ1n) is 2.98. The van der Waals surface area contributed by atoms with Gasteiger partial charge >= 0.3 is 0 Å². The molecule has 0 aromatic carbocycles. The molecule has 0 saturated heterocycles. The fourth-order valence-corrected chi connectivity index (χ4v) is 1.46. The van der Waals surface area contributed by atoms with Crippen molar-refractivity contribution in [2.24, 2.45) is 0 Å². The zero-order valence-electron chi connectivity index (χ0n) is 5.48. The number of aromatic nitrogens is 2. The summed E-state index contributed by atoms with van der Waals surface area (Å²) in [5.74, 6) is 0.432. The lowest BCUT2D eigenvalue weighted by molar-refractivity contribution is 1.43. The van der Waals surface area contributed by atoms with Gasteiger partial charge in [-0.2, -0.15) is 0 Å². The van der Waals surface area contributed by atoms with E-state index in [9.17, 15) is 0 Å². The molecule has 0 amide bonds. The zero-order chi connectivity index (χ0) is 7.68. The molecule has 0 aliphatic rings. The predicted molar refractivity (Wildman–Crippen MR) is 43.7 cm³/mol. The summed E-state index contributed by atoms with van der Waals surface area (Å²) in [5, 5.41) is 0. The third-order valence-corrected chi connectivity index (χ3v) is 2.03. The van der Waals surface area contributed by atoms with Crippen LogP contribution in [0.25, 0.3) is 15.2 Å². The van der Waals surface area contributed by atoms with Crippen LogP contribution in [0, 0.1) is 6.57 Å². The number of thiazole rings is 1. The zero-order valence-corrected chi connectivity index (χ0v) is 6.30. The van der Waals surface area contributed by atoms with E-state index in [1.165, 1.54) is 11.3 Å². The van der Waals surface area contributed by atoms with E-state index in [2.05, 4.69) is 14.8 Å². The standard InChI is InChI=1S/C7H3N3S/c1-8-6-3-2-5-7(10-6)11-4-9-5/h2-4H. The van der Waals surface area contributed by atoms with E-state index in [4.69, 9.17) is 6.57 Å². The molecule has 11 heavy (non-hydrogen) atoms. The molecular formula is C7H3N3S. The summed E-state index contributed by atoms with van der Waals surface area (Å²) in [5.41, 5.74) is 2.59. The van der Waals surface area contributed by atoms with Crippen LogP contribution in [-0.4, -0.2) is 9.97 Å². The lowest BCUT2D eigenvalue weighted by atomic mass is 10.4. The summed E-state index contributed by atoms with van der Waals surface area (Å²) in [6, 6.07) is 3.49. The van der Waals surface area contributed by atoms with Crippen LogP contribution in [0.4, 0.5) is 5.82 Å². The molecule has 2 aromatic rings. The SMILES string of the molecule is [C-]#[N+]c1ccc2ncsc2n1. The fourth-order valence-electron chi connectivity index (χ4n) is 0.804. The summed E-state index contributed by atoms with van der Waals surface area (Å²) >= 11 is 1.45. The van der Waals surface area contributed by atoms with E-state index in [-0.39, 0.29) is 0 Å². The van der Waals surface area contributed by atoms with E-state index in [1.54, 1.807) is 11.6 Å². The maximum atomic E-state index is 6.72. The maximum absolute atomic E-state index is 6.72. The summed E-state index contributed by atoms with van der Waals surface area (Å²) in [7, 11) is 0. The van der Waals surface area contributed by atoms with Crippen LogP contribution in [0.5, 0.6) is 0 Å². The van der Waals surface area contributed by atoms with Crippen LogP contribution < -0.4 is 0 Å². The van der Waals surface area contributed by atoms with Crippen LogP contribution in [-0.2, 0) is 0 Å². The molecule has 0 spiro atoms. The molecule has 0 aliphatic carbocycles. The third kappa shape index (κ3) is 0.954. The Morgan fingerprint density at radius 3 is 3.18 bits per heavy atom. The molecule has 52 valence electrons. The van der Waals surface area contributed by atoms with Crippen LogP contribution in [0.2, 0.25) is 0 Å². The smallest absolute Gasteiger partial charge is 0.271 e. The Morgan fingerprint density at radius 1 is 1.45 bits per heavy atom. The Morgan fingerprint density at radius 2 is 2.36 bits per heavy atom. The van der Waals surface area contributed by atoms with Crippen molar-refractivity contribution in [2.45, 2.75) is 0 Å². The van der Waals surface area contributed by atoms with E-state index >= 15 is 0 Å². The first kappa shape index (κ1) is 6.25. The Hall–Kier alpha value is -1.47. The molecule has 0 saturated carbocycles. The monoisotopic (exact) mass is 161 g/mol. The number of nitrogens with zero attached hydrogens (tertiary/aromatic N) is 3. The van der Waals surface area contributed by atoms with Crippen LogP contribution >= 0.6 is 11.3 Å². The summed E-state index contributed by atoms with van der Waals surface area (Å²) in [6.45, 7) is 6.72. The molecule has 0 N–H and O–H groups in total. The number of rotatable bonds is 0. The van der Waals surface area contributed by atoms with Gasteiger partial charge in [-0.15, -0.1) is 4.98 Å². The topological polar surface area (TPSA) is 30.1 Å². The first-order valence-corrected chi connectivity index (χ1v) is 3.86. The lowest BCUT2D eigenvalue weighted by Gasteiger charge is -1.83. The lowest BCUT2D eigenvalue weighted by Crippen LogP contribution is -1.71. The van der Waals surface area contributed by atoms with Crippen molar-refractivity contribution >= 4 is 27.5 Å². The third-order valence-electron chi connectivity index (χ3n) is 1.30. The average Bonchev–Trinajstić information content (AvgIpc) is 2.50. The molecule has 2 aromatic heterocycles. The van der Waals surface area contributed by atoms with Crippen LogP contribution in [0.3, 0.4) is 0 Å². The highest BCUT2D eigenvalue weighted by molar-refractivity contribution is 7.16. The Bertz CT molecular complexity index is 426. The molecule has 0 bridgehead atoms. The van der Waals surface area contributed by atoms with Crippen LogP contribution in [0.1, 0.15) is 0 Å². The molecule has 2 heterocycles. The number of hydrogen-bond donors (Lipinski definition) is 0. The van der Waals surface area contributed by atoms with E-state index in [1.807, 2.05) is 6.07 Å². The normalized spacial score (nSPS) is 9.73. The van der Waals surface area contributed by atoms with Gasteiger partial charge in [0.15, 0.2) is 0 Å². The highest BCUT2D eigenvalue weighted by Crippen LogP contribution is 2.18. The molecule has 2 rings (SSSR count). The molecule has 0 unspecified atom stereocenters. The maximum Gasteiger partial charge on any atom is 0.271 e. The molecule has 0 atom stereocenters. The van der Waals surface area contributed by atoms with Crippen molar-refractivity contribution in [3.63, 3.8) is 0 Å². The van der Waals surface area contributed by atoms with Crippen molar-refractivity contribution in [3.8, 4) is 0 Å². The summed E-state index contributed by atoms with van der Waals surface area (Å²) in [4.78, 5) is 12.2. The fraction of sp³-hybridized carbons (Fsp3) is 0. The van der Waals surface area contributed by atoms with Gasteiger partial charge in [0.25, 0.3) is 5.82 Å². The van der Waals surface area contributed by atoms with Gasteiger partial charge in [0.05, 0.1) is 5.51 Å². The van der Waals surface area contributed by atoms with E-state index in [0.717, 1.165) is 10.3 Å². The second-order valence-electron chi connectivity index (χ2n) is 1.96. The second kappa shape index (κ2) is 2.29. The summed E-state index contributed by atoms with van der Waals surface area (Å²) in [6.07, 6.45) is 0. The van der Waals surface area contributed by atoms with Gasteiger partial charge in [0.2, 0.25) is 4.83 Å². The average molecular weight is 161 g/mol. The van der Waals surface area contributed by atoms with Gasteiger partial charge in [0, 0.05) is 0 Å². The van der Waals surface area contributed by atoms with E-state index in [0.29, 0.717) is 5.82 Å².